The average Bonchev–Trinajstić information content (AvgIpc) is 2.30. The summed E-state index contributed by atoms with van der Waals surface area (Å²) < 4.78 is 0.936. The molecule has 2 unspecified atom stereocenters. The highest BCUT2D eigenvalue weighted by Crippen LogP contribution is 2.21. The van der Waals surface area contributed by atoms with Gasteiger partial charge in [-0.25, -0.2) is 0 Å². The van der Waals surface area contributed by atoms with Crippen LogP contribution in [0.3, 0.4) is 0 Å². The Morgan fingerprint density at radius 2 is 2.17 bits per heavy atom. The maximum atomic E-state index is 12.5. The lowest BCUT2D eigenvalue weighted by molar-refractivity contribution is 0.0660. The van der Waals surface area contributed by atoms with Crippen molar-refractivity contribution in [2.45, 2.75) is 26.3 Å². The molecule has 18 heavy (non-hydrogen) atoms. The molecular weight excluding hydrogens is 292 g/mol. The van der Waals surface area contributed by atoms with Crippen LogP contribution in [-0.4, -0.2) is 29.9 Å². The number of amides is 1. The summed E-state index contributed by atoms with van der Waals surface area (Å²) in [7, 11) is 0. The summed E-state index contributed by atoms with van der Waals surface area (Å²) in [5, 5.41) is 0. The lowest BCUT2D eigenvalue weighted by atomic mass is 9.95. The van der Waals surface area contributed by atoms with Gasteiger partial charge in [0.1, 0.15) is 0 Å². The summed E-state index contributed by atoms with van der Waals surface area (Å²) >= 11 is 3.42. The van der Waals surface area contributed by atoms with Crippen LogP contribution < -0.4 is 5.73 Å². The zero-order valence-corrected chi connectivity index (χ0v) is 12.4. The molecule has 1 aliphatic rings. The van der Waals surface area contributed by atoms with E-state index in [4.69, 9.17) is 5.73 Å². The van der Waals surface area contributed by atoms with Gasteiger partial charge in [-0.1, -0.05) is 28.9 Å². The van der Waals surface area contributed by atoms with Crippen LogP contribution in [0.15, 0.2) is 22.7 Å². The number of carbonyl (C=O) groups is 1. The number of hydrogen-bond donors (Lipinski definition) is 1. The van der Waals surface area contributed by atoms with Crippen molar-refractivity contribution in [3.8, 4) is 0 Å². The number of carbonyl (C=O) groups excluding carboxylic acids is 1. The summed E-state index contributed by atoms with van der Waals surface area (Å²) in [6.07, 6.45) is 1.00. The van der Waals surface area contributed by atoms with Gasteiger partial charge in [-0.15, -0.1) is 0 Å². The monoisotopic (exact) mass is 310 g/mol. The van der Waals surface area contributed by atoms with Gasteiger partial charge in [0.05, 0.1) is 0 Å². The maximum absolute atomic E-state index is 12.5. The van der Waals surface area contributed by atoms with E-state index < -0.39 is 0 Å². The van der Waals surface area contributed by atoms with Crippen LogP contribution in [0.1, 0.15) is 29.3 Å². The molecular formula is C14H19BrN2O. The molecule has 0 aliphatic carbocycles. The first-order chi connectivity index (χ1) is 8.47. The van der Waals surface area contributed by atoms with Gasteiger partial charge in [-0.2, -0.15) is 0 Å². The number of piperidine rings is 1. The van der Waals surface area contributed by atoms with Gasteiger partial charge in [0.15, 0.2) is 0 Å². The molecule has 1 heterocycles. The fraction of sp³-hybridized carbons (Fsp3) is 0.500. The largest absolute Gasteiger partial charge is 0.337 e. The van der Waals surface area contributed by atoms with E-state index in [-0.39, 0.29) is 11.9 Å². The van der Waals surface area contributed by atoms with Gasteiger partial charge in [0, 0.05) is 29.2 Å². The van der Waals surface area contributed by atoms with Crippen molar-refractivity contribution in [1.29, 1.82) is 0 Å². The van der Waals surface area contributed by atoms with E-state index in [2.05, 4.69) is 22.9 Å². The lowest BCUT2D eigenvalue weighted by Gasteiger charge is -2.35. The third kappa shape index (κ3) is 2.93. The first-order valence-electron chi connectivity index (χ1n) is 6.28. The van der Waals surface area contributed by atoms with E-state index in [9.17, 15) is 4.79 Å². The van der Waals surface area contributed by atoms with Crippen molar-refractivity contribution < 1.29 is 4.79 Å². The first kappa shape index (κ1) is 13.6. The topological polar surface area (TPSA) is 46.3 Å². The van der Waals surface area contributed by atoms with Gasteiger partial charge in [-0.3, -0.25) is 4.79 Å². The molecule has 1 aromatic rings. The summed E-state index contributed by atoms with van der Waals surface area (Å²) in [6, 6.07) is 5.91. The van der Waals surface area contributed by atoms with Crippen LogP contribution in [0, 0.1) is 12.8 Å². The zero-order chi connectivity index (χ0) is 13.3. The SMILES string of the molecule is Cc1ccc(Br)cc1C(=O)N1CC(C)CC(N)C1. The zero-order valence-electron chi connectivity index (χ0n) is 10.8. The number of benzene rings is 1. The van der Waals surface area contributed by atoms with Gasteiger partial charge in [-0.05, 0) is 37.0 Å². The number of nitrogens with two attached hydrogens (primary N) is 1. The molecule has 1 amide bonds. The molecule has 1 aromatic carbocycles. The minimum atomic E-state index is 0.0933. The van der Waals surface area contributed by atoms with E-state index in [1.54, 1.807) is 0 Å². The number of rotatable bonds is 1. The van der Waals surface area contributed by atoms with E-state index >= 15 is 0 Å². The molecule has 98 valence electrons. The van der Waals surface area contributed by atoms with Crippen LogP contribution in [0.5, 0.6) is 0 Å². The smallest absolute Gasteiger partial charge is 0.254 e. The Hall–Kier alpha value is -0.870. The quantitative estimate of drug-likeness (QED) is 0.866. The Kier molecular flexibility index (Phi) is 4.07. The number of hydrogen-bond acceptors (Lipinski definition) is 2. The summed E-state index contributed by atoms with van der Waals surface area (Å²) in [5.41, 5.74) is 7.77. The number of aryl methyl sites for hydroxylation is 1. The molecule has 1 fully saturated rings. The molecule has 0 bridgehead atoms. The van der Waals surface area contributed by atoms with Crippen molar-refractivity contribution in [3.63, 3.8) is 0 Å². The second-order valence-electron chi connectivity index (χ2n) is 5.27. The fourth-order valence-electron chi connectivity index (χ4n) is 2.56. The molecule has 0 saturated carbocycles. The molecule has 2 atom stereocenters. The Morgan fingerprint density at radius 1 is 1.44 bits per heavy atom. The Morgan fingerprint density at radius 3 is 2.83 bits per heavy atom. The van der Waals surface area contributed by atoms with Crippen LogP contribution in [0.2, 0.25) is 0 Å². The number of likely N-dealkylation sites (tertiary alicyclic amines) is 1. The van der Waals surface area contributed by atoms with Crippen molar-refractivity contribution in [2.75, 3.05) is 13.1 Å². The predicted molar refractivity (Wildman–Crippen MR) is 76.5 cm³/mol. The Labute approximate surface area is 116 Å². The van der Waals surface area contributed by atoms with Crippen molar-refractivity contribution >= 4 is 21.8 Å². The maximum Gasteiger partial charge on any atom is 0.254 e. The highest BCUT2D eigenvalue weighted by Gasteiger charge is 2.27. The highest BCUT2D eigenvalue weighted by molar-refractivity contribution is 9.10. The standard InChI is InChI=1S/C14H19BrN2O/c1-9-5-12(16)8-17(7-9)14(18)13-6-11(15)4-3-10(13)2/h3-4,6,9,12H,5,7-8,16H2,1-2H3. The van der Waals surface area contributed by atoms with E-state index in [1.807, 2.05) is 30.0 Å². The fourth-order valence-corrected chi connectivity index (χ4v) is 2.92. The Balaban J connectivity index is 2.22. The first-order valence-corrected chi connectivity index (χ1v) is 7.07. The normalized spacial score (nSPS) is 24.1. The molecule has 2 N–H and O–H groups in total. The molecule has 4 heteroatoms. The van der Waals surface area contributed by atoms with Crippen molar-refractivity contribution in [3.05, 3.63) is 33.8 Å². The number of nitrogens with zero attached hydrogens (tertiary/aromatic N) is 1. The molecule has 0 spiro atoms. The average molecular weight is 311 g/mol. The minimum absolute atomic E-state index is 0.0933. The minimum Gasteiger partial charge on any atom is -0.337 e. The van der Waals surface area contributed by atoms with E-state index in [1.165, 1.54) is 0 Å². The van der Waals surface area contributed by atoms with E-state index in [0.717, 1.165) is 28.6 Å². The van der Waals surface area contributed by atoms with Gasteiger partial charge < -0.3 is 10.6 Å². The Bertz CT molecular complexity index is 451. The van der Waals surface area contributed by atoms with Crippen LogP contribution >= 0.6 is 15.9 Å². The summed E-state index contributed by atoms with van der Waals surface area (Å²) in [6.45, 7) is 5.58. The molecule has 0 radical (unpaired) electrons. The second-order valence-corrected chi connectivity index (χ2v) is 6.19. The predicted octanol–water partition coefficient (Wildman–Crippen LogP) is 2.57. The molecule has 1 saturated heterocycles. The molecule has 2 rings (SSSR count). The highest BCUT2D eigenvalue weighted by atomic mass is 79.9. The van der Waals surface area contributed by atoms with Crippen molar-refractivity contribution in [1.82, 2.24) is 4.90 Å². The summed E-state index contributed by atoms with van der Waals surface area (Å²) in [4.78, 5) is 14.4. The second kappa shape index (κ2) is 5.41. The summed E-state index contributed by atoms with van der Waals surface area (Å²) in [5.74, 6) is 0.570. The van der Waals surface area contributed by atoms with Crippen LogP contribution in [0.4, 0.5) is 0 Å². The van der Waals surface area contributed by atoms with Gasteiger partial charge in [0.2, 0.25) is 0 Å². The van der Waals surface area contributed by atoms with Crippen LogP contribution in [-0.2, 0) is 0 Å². The number of halogens is 1. The third-order valence-corrected chi connectivity index (χ3v) is 3.90. The van der Waals surface area contributed by atoms with Crippen molar-refractivity contribution in [2.24, 2.45) is 11.7 Å². The van der Waals surface area contributed by atoms with Gasteiger partial charge in [0.25, 0.3) is 5.91 Å². The molecule has 0 aromatic heterocycles. The van der Waals surface area contributed by atoms with E-state index in [0.29, 0.717) is 12.5 Å². The third-order valence-electron chi connectivity index (χ3n) is 3.41. The van der Waals surface area contributed by atoms with Crippen LogP contribution in [0.25, 0.3) is 0 Å². The molecule has 1 aliphatic heterocycles. The van der Waals surface area contributed by atoms with Gasteiger partial charge >= 0.3 is 0 Å². The lowest BCUT2D eigenvalue weighted by Crippen LogP contribution is -2.48. The molecule has 3 nitrogen and oxygen atoms in total.